The van der Waals surface area contributed by atoms with E-state index in [2.05, 4.69) is 15.9 Å². The van der Waals surface area contributed by atoms with Crippen molar-refractivity contribution in [1.29, 1.82) is 0 Å². The molecule has 4 aromatic rings. The van der Waals surface area contributed by atoms with Crippen LogP contribution in [0.15, 0.2) is 88.2 Å². The van der Waals surface area contributed by atoms with Crippen molar-refractivity contribution in [1.82, 2.24) is 4.90 Å². The van der Waals surface area contributed by atoms with Crippen molar-refractivity contribution in [2.45, 2.75) is 13.2 Å². The number of ether oxygens (including phenoxy) is 2. The molecule has 0 radical (unpaired) electrons. The molecule has 37 heavy (non-hydrogen) atoms. The molecular formula is C29H21BrClNO4S. The Bertz CT molecular complexity index is 1550. The molecule has 1 aliphatic heterocycles. The lowest BCUT2D eigenvalue weighted by Crippen LogP contribution is -2.27. The quantitative estimate of drug-likeness (QED) is 0.203. The van der Waals surface area contributed by atoms with E-state index in [1.807, 2.05) is 72.8 Å². The number of benzene rings is 4. The molecule has 2 amide bonds. The van der Waals surface area contributed by atoms with Gasteiger partial charge in [-0.15, -0.1) is 0 Å². The summed E-state index contributed by atoms with van der Waals surface area (Å²) in [7, 11) is 1.55. The van der Waals surface area contributed by atoms with Crippen molar-refractivity contribution < 1.29 is 19.1 Å². The van der Waals surface area contributed by atoms with Crippen LogP contribution in [0.5, 0.6) is 11.5 Å². The zero-order chi connectivity index (χ0) is 25.9. The average molecular weight is 595 g/mol. The number of nitrogens with zero attached hydrogens (tertiary/aromatic N) is 1. The predicted octanol–water partition coefficient (Wildman–Crippen LogP) is 8.08. The van der Waals surface area contributed by atoms with Gasteiger partial charge < -0.3 is 9.47 Å². The van der Waals surface area contributed by atoms with E-state index < -0.39 is 0 Å². The van der Waals surface area contributed by atoms with E-state index in [1.165, 1.54) is 4.90 Å². The Labute approximate surface area is 232 Å². The standard InChI is InChI=1S/C29H21BrClNO4S/c1-35-25-14-19(13-23(30)27(25)36-17-22-8-4-5-9-24(22)31)15-26-28(33)32(29(34)37-26)16-18-10-11-20-6-2-3-7-21(20)12-18/h2-15H,16-17H2,1H3. The number of imide groups is 1. The summed E-state index contributed by atoms with van der Waals surface area (Å²) in [5.41, 5.74) is 2.44. The molecule has 0 aromatic heterocycles. The Morgan fingerprint density at radius 1 is 0.973 bits per heavy atom. The first-order valence-electron chi connectivity index (χ1n) is 11.4. The van der Waals surface area contributed by atoms with Gasteiger partial charge in [-0.2, -0.15) is 0 Å². The smallest absolute Gasteiger partial charge is 0.293 e. The summed E-state index contributed by atoms with van der Waals surface area (Å²) in [4.78, 5) is 27.5. The molecule has 0 spiro atoms. The van der Waals surface area contributed by atoms with E-state index in [9.17, 15) is 9.59 Å². The van der Waals surface area contributed by atoms with Crippen molar-refractivity contribution in [3.05, 3.63) is 110 Å². The molecule has 1 heterocycles. The minimum Gasteiger partial charge on any atom is -0.493 e. The van der Waals surface area contributed by atoms with Gasteiger partial charge in [0.2, 0.25) is 0 Å². The molecule has 0 unspecified atom stereocenters. The molecule has 5 nitrogen and oxygen atoms in total. The summed E-state index contributed by atoms with van der Waals surface area (Å²) in [6.45, 7) is 0.482. The van der Waals surface area contributed by atoms with Crippen LogP contribution in [-0.2, 0) is 17.9 Å². The topological polar surface area (TPSA) is 55.8 Å². The van der Waals surface area contributed by atoms with Crippen LogP contribution in [0.2, 0.25) is 5.02 Å². The third-order valence-electron chi connectivity index (χ3n) is 5.91. The highest BCUT2D eigenvalue weighted by molar-refractivity contribution is 9.10. The minimum absolute atomic E-state index is 0.217. The third kappa shape index (κ3) is 5.54. The van der Waals surface area contributed by atoms with E-state index in [0.29, 0.717) is 31.5 Å². The summed E-state index contributed by atoms with van der Waals surface area (Å²) in [6, 6.07) is 25.0. The molecule has 186 valence electrons. The van der Waals surface area contributed by atoms with E-state index in [1.54, 1.807) is 19.3 Å². The van der Waals surface area contributed by atoms with Crippen molar-refractivity contribution in [2.24, 2.45) is 0 Å². The summed E-state index contributed by atoms with van der Waals surface area (Å²) >= 11 is 10.7. The first-order valence-corrected chi connectivity index (χ1v) is 13.4. The second-order valence-corrected chi connectivity index (χ2v) is 10.6. The Kier molecular flexibility index (Phi) is 7.55. The van der Waals surface area contributed by atoms with Crippen LogP contribution in [0.4, 0.5) is 4.79 Å². The Morgan fingerprint density at radius 2 is 1.73 bits per heavy atom. The fourth-order valence-electron chi connectivity index (χ4n) is 4.04. The van der Waals surface area contributed by atoms with Crippen LogP contribution >= 0.6 is 39.3 Å². The second kappa shape index (κ2) is 11.0. The molecule has 0 atom stereocenters. The number of hydrogen-bond donors (Lipinski definition) is 0. The number of fused-ring (bicyclic) bond motifs is 1. The van der Waals surface area contributed by atoms with Gasteiger partial charge >= 0.3 is 0 Å². The number of rotatable bonds is 7. The maximum atomic E-state index is 13.1. The van der Waals surface area contributed by atoms with Crippen molar-refractivity contribution >= 4 is 67.3 Å². The van der Waals surface area contributed by atoms with Gasteiger partial charge in [0.15, 0.2) is 11.5 Å². The Hall–Kier alpha value is -3.26. The van der Waals surface area contributed by atoms with Gasteiger partial charge in [-0.25, -0.2) is 0 Å². The Balaban J connectivity index is 1.35. The lowest BCUT2D eigenvalue weighted by atomic mass is 10.1. The second-order valence-electron chi connectivity index (χ2n) is 8.36. The molecule has 0 bridgehead atoms. The molecule has 5 rings (SSSR count). The van der Waals surface area contributed by atoms with Crippen LogP contribution < -0.4 is 9.47 Å². The highest BCUT2D eigenvalue weighted by Gasteiger charge is 2.35. The Morgan fingerprint density at radius 3 is 2.51 bits per heavy atom. The molecule has 8 heteroatoms. The first-order chi connectivity index (χ1) is 17.9. The van der Waals surface area contributed by atoms with E-state index in [4.69, 9.17) is 21.1 Å². The summed E-state index contributed by atoms with van der Waals surface area (Å²) < 4.78 is 12.2. The van der Waals surface area contributed by atoms with Crippen molar-refractivity contribution in [3.63, 3.8) is 0 Å². The zero-order valence-corrected chi connectivity index (χ0v) is 22.9. The first kappa shape index (κ1) is 25.4. The predicted molar refractivity (Wildman–Crippen MR) is 152 cm³/mol. The van der Waals surface area contributed by atoms with Crippen LogP contribution in [0.25, 0.3) is 16.8 Å². The number of thioether (sulfide) groups is 1. The highest BCUT2D eigenvalue weighted by Crippen LogP contribution is 2.40. The van der Waals surface area contributed by atoms with Crippen LogP contribution in [0.3, 0.4) is 0 Å². The zero-order valence-electron chi connectivity index (χ0n) is 19.7. The molecule has 4 aromatic carbocycles. The minimum atomic E-state index is -0.322. The highest BCUT2D eigenvalue weighted by atomic mass is 79.9. The lowest BCUT2D eigenvalue weighted by Gasteiger charge is -2.14. The van der Waals surface area contributed by atoms with Crippen LogP contribution in [0, 0.1) is 0 Å². The maximum Gasteiger partial charge on any atom is 0.293 e. The normalized spacial score (nSPS) is 14.6. The van der Waals surface area contributed by atoms with Gasteiger partial charge in [0.25, 0.3) is 11.1 Å². The summed E-state index contributed by atoms with van der Waals surface area (Å²) in [5.74, 6) is 0.685. The van der Waals surface area contributed by atoms with Gasteiger partial charge in [0, 0.05) is 10.6 Å². The third-order valence-corrected chi connectivity index (χ3v) is 7.77. The van der Waals surface area contributed by atoms with Crippen LogP contribution in [-0.4, -0.2) is 23.2 Å². The fourth-order valence-corrected chi connectivity index (χ4v) is 5.64. The number of halogens is 2. The molecule has 1 saturated heterocycles. The molecule has 1 fully saturated rings. The summed E-state index contributed by atoms with van der Waals surface area (Å²) in [6.07, 6.45) is 1.69. The van der Waals surface area contributed by atoms with E-state index in [0.717, 1.165) is 33.7 Å². The molecule has 0 aliphatic carbocycles. The van der Waals surface area contributed by atoms with Crippen molar-refractivity contribution in [3.8, 4) is 11.5 Å². The number of carbonyl (C=O) groups excluding carboxylic acids is 2. The van der Waals surface area contributed by atoms with E-state index in [-0.39, 0.29) is 24.3 Å². The average Bonchev–Trinajstić information content (AvgIpc) is 3.15. The molecule has 0 N–H and O–H groups in total. The van der Waals surface area contributed by atoms with Gasteiger partial charge in [0.05, 0.1) is 23.0 Å². The molecular weight excluding hydrogens is 574 g/mol. The number of amides is 2. The van der Waals surface area contributed by atoms with Gasteiger partial charge in [0.1, 0.15) is 6.61 Å². The maximum absolute atomic E-state index is 13.1. The van der Waals surface area contributed by atoms with Gasteiger partial charge in [-0.1, -0.05) is 66.2 Å². The van der Waals surface area contributed by atoms with Crippen LogP contribution in [0.1, 0.15) is 16.7 Å². The number of carbonyl (C=O) groups is 2. The van der Waals surface area contributed by atoms with Gasteiger partial charge in [-0.3, -0.25) is 14.5 Å². The van der Waals surface area contributed by atoms with E-state index >= 15 is 0 Å². The summed E-state index contributed by atoms with van der Waals surface area (Å²) in [5, 5.41) is 2.50. The lowest BCUT2D eigenvalue weighted by molar-refractivity contribution is -0.123. The number of hydrogen-bond acceptors (Lipinski definition) is 5. The fraction of sp³-hybridized carbons (Fsp3) is 0.103. The van der Waals surface area contributed by atoms with Crippen molar-refractivity contribution in [2.75, 3.05) is 7.11 Å². The number of methoxy groups -OCH3 is 1. The van der Waals surface area contributed by atoms with Gasteiger partial charge in [-0.05, 0) is 79.9 Å². The molecule has 0 saturated carbocycles. The molecule has 1 aliphatic rings. The monoisotopic (exact) mass is 593 g/mol. The SMILES string of the molecule is COc1cc(C=C2SC(=O)N(Cc3ccc4ccccc4c3)C2=O)cc(Br)c1OCc1ccccc1Cl. The largest absolute Gasteiger partial charge is 0.493 e.